The minimum absolute atomic E-state index is 0.00356. The van der Waals surface area contributed by atoms with Crippen LogP contribution in [0.3, 0.4) is 0 Å². The summed E-state index contributed by atoms with van der Waals surface area (Å²) in [6.45, 7) is 1.63. The van der Waals surface area contributed by atoms with Crippen LogP contribution < -0.4 is 0 Å². The Morgan fingerprint density at radius 1 is 1.11 bits per heavy atom. The van der Waals surface area contributed by atoms with Crippen LogP contribution in [0, 0.1) is 0 Å². The van der Waals surface area contributed by atoms with E-state index in [1.807, 2.05) is 35.2 Å². The highest BCUT2D eigenvalue weighted by Crippen LogP contribution is 2.25. The predicted molar refractivity (Wildman–Crippen MR) is 71.9 cm³/mol. The molecule has 1 fully saturated rings. The molecule has 0 radical (unpaired) electrons. The second-order valence-electron chi connectivity index (χ2n) is 5.00. The molecule has 1 aliphatic heterocycles. The lowest BCUT2D eigenvalue weighted by Crippen LogP contribution is -2.29. The largest absolute Gasteiger partial charge is 0.481 e. The molecule has 0 aromatic heterocycles. The molecule has 102 valence electrons. The van der Waals surface area contributed by atoms with Crippen molar-refractivity contribution >= 4 is 11.9 Å². The standard InChI is InChI=1S/C15H19NO3/c17-14(16-8-4-5-9-16)10-13(11-15(18)19)12-6-2-1-3-7-12/h1-3,6-7,13H,4-5,8-11H2,(H,18,19)/t13-/m1/s1. The number of carboxylic acids is 1. The first-order valence-electron chi connectivity index (χ1n) is 6.71. The van der Waals surface area contributed by atoms with Gasteiger partial charge >= 0.3 is 5.97 Å². The van der Waals surface area contributed by atoms with Gasteiger partial charge in [0.2, 0.25) is 5.91 Å². The van der Waals surface area contributed by atoms with Gasteiger partial charge in [0.15, 0.2) is 0 Å². The molecule has 1 heterocycles. The van der Waals surface area contributed by atoms with Crippen LogP contribution >= 0.6 is 0 Å². The average Bonchev–Trinajstić information content (AvgIpc) is 2.92. The van der Waals surface area contributed by atoms with Gasteiger partial charge in [-0.15, -0.1) is 0 Å². The Labute approximate surface area is 113 Å². The van der Waals surface area contributed by atoms with Gasteiger partial charge in [-0.2, -0.15) is 0 Å². The lowest BCUT2D eigenvalue weighted by atomic mass is 9.92. The molecule has 1 atom stereocenters. The molecule has 1 aromatic carbocycles. The lowest BCUT2D eigenvalue weighted by Gasteiger charge is -2.20. The molecule has 4 heteroatoms. The summed E-state index contributed by atoms with van der Waals surface area (Å²) in [6.07, 6.45) is 2.40. The van der Waals surface area contributed by atoms with Crippen LogP contribution in [0.15, 0.2) is 30.3 Å². The Kier molecular flexibility index (Phi) is 4.55. The van der Waals surface area contributed by atoms with Gasteiger partial charge in [-0.25, -0.2) is 0 Å². The highest BCUT2D eigenvalue weighted by Gasteiger charge is 2.24. The monoisotopic (exact) mass is 261 g/mol. The van der Waals surface area contributed by atoms with Gasteiger partial charge < -0.3 is 10.0 Å². The van der Waals surface area contributed by atoms with E-state index in [0.29, 0.717) is 0 Å². The maximum atomic E-state index is 12.1. The number of likely N-dealkylation sites (tertiary alicyclic amines) is 1. The van der Waals surface area contributed by atoms with Gasteiger partial charge in [0.25, 0.3) is 0 Å². The van der Waals surface area contributed by atoms with Gasteiger partial charge in [-0.1, -0.05) is 30.3 Å². The van der Waals surface area contributed by atoms with Crippen molar-refractivity contribution in [3.05, 3.63) is 35.9 Å². The number of hydrogen-bond donors (Lipinski definition) is 1. The zero-order chi connectivity index (χ0) is 13.7. The van der Waals surface area contributed by atoms with Crippen LogP contribution in [0.5, 0.6) is 0 Å². The molecule has 1 N–H and O–H groups in total. The summed E-state index contributed by atoms with van der Waals surface area (Å²) in [5.74, 6) is -1.01. The van der Waals surface area contributed by atoms with Crippen molar-refractivity contribution < 1.29 is 14.7 Å². The molecule has 1 aromatic rings. The fourth-order valence-corrected chi connectivity index (χ4v) is 2.55. The molecule has 4 nitrogen and oxygen atoms in total. The van der Waals surface area contributed by atoms with E-state index in [4.69, 9.17) is 5.11 Å². The van der Waals surface area contributed by atoms with Crippen molar-refractivity contribution in [2.24, 2.45) is 0 Å². The minimum atomic E-state index is -0.858. The van der Waals surface area contributed by atoms with Gasteiger partial charge in [-0.05, 0) is 18.4 Å². The van der Waals surface area contributed by atoms with E-state index in [-0.39, 0.29) is 24.7 Å². The van der Waals surface area contributed by atoms with Gasteiger partial charge in [0, 0.05) is 25.4 Å². The van der Waals surface area contributed by atoms with Crippen LogP contribution in [0.25, 0.3) is 0 Å². The second kappa shape index (κ2) is 6.36. The number of carbonyl (C=O) groups excluding carboxylic acids is 1. The molecule has 0 unspecified atom stereocenters. The van der Waals surface area contributed by atoms with Crippen LogP contribution in [-0.2, 0) is 9.59 Å². The Balaban J connectivity index is 2.05. The average molecular weight is 261 g/mol. The summed E-state index contributed by atoms with van der Waals surface area (Å²) in [7, 11) is 0. The first-order valence-corrected chi connectivity index (χ1v) is 6.71. The lowest BCUT2D eigenvalue weighted by molar-refractivity contribution is -0.137. The smallest absolute Gasteiger partial charge is 0.303 e. The molecule has 0 aliphatic carbocycles. The van der Waals surface area contributed by atoms with E-state index < -0.39 is 5.97 Å². The highest BCUT2D eigenvalue weighted by molar-refractivity contribution is 5.78. The Morgan fingerprint density at radius 2 is 1.74 bits per heavy atom. The molecule has 1 amide bonds. The van der Waals surface area contributed by atoms with E-state index in [0.717, 1.165) is 31.5 Å². The van der Waals surface area contributed by atoms with Crippen LogP contribution in [0.4, 0.5) is 0 Å². The number of rotatable bonds is 5. The SMILES string of the molecule is O=C(O)C[C@@H](CC(=O)N1CCCC1)c1ccccc1. The van der Waals surface area contributed by atoms with E-state index >= 15 is 0 Å². The molecule has 0 saturated carbocycles. The zero-order valence-electron chi connectivity index (χ0n) is 10.9. The fraction of sp³-hybridized carbons (Fsp3) is 0.467. The molecule has 1 saturated heterocycles. The summed E-state index contributed by atoms with van der Waals surface area (Å²) in [6, 6.07) is 9.44. The number of carbonyl (C=O) groups is 2. The van der Waals surface area contributed by atoms with Gasteiger partial charge in [-0.3, -0.25) is 9.59 Å². The molecular weight excluding hydrogens is 242 g/mol. The summed E-state index contributed by atoms with van der Waals surface area (Å²) in [5, 5.41) is 9.00. The molecule has 1 aliphatic rings. The van der Waals surface area contributed by atoms with Crippen LogP contribution in [-0.4, -0.2) is 35.0 Å². The fourth-order valence-electron chi connectivity index (χ4n) is 2.55. The second-order valence-corrected chi connectivity index (χ2v) is 5.00. The minimum Gasteiger partial charge on any atom is -0.481 e. The summed E-state index contributed by atoms with van der Waals surface area (Å²) >= 11 is 0. The van der Waals surface area contributed by atoms with Crippen LogP contribution in [0.1, 0.15) is 37.2 Å². The Bertz CT molecular complexity index is 438. The van der Waals surface area contributed by atoms with Crippen molar-refractivity contribution in [2.75, 3.05) is 13.1 Å². The Hall–Kier alpha value is -1.84. The predicted octanol–water partition coefficient (Wildman–Crippen LogP) is 2.26. The molecule has 0 spiro atoms. The quantitative estimate of drug-likeness (QED) is 0.884. The van der Waals surface area contributed by atoms with E-state index in [1.54, 1.807) is 0 Å². The Morgan fingerprint density at radius 3 is 2.32 bits per heavy atom. The number of amides is 1. The van der Waals surface area contributed by atoms with E-state index in [9.17, 15) is 9.59 Å². The summed E-state index contributed by atoms with van der Waals surface area (Å²) < 4.78 is 0. The highest BCUT2D eigenvalue weighted by atomic mass is 16.4. The first-order chi connectivity index (χ1) is 9.16. The van der Waals surface area contributed by atoms with Crippen molar-refractivity contribution in [2.45, 2.75) is 31.6 Å². The van der Waals surface area contributed by atoms with Crippen molar-refractivity contribution in [1.29, 1.82) is 0 Å². The summed E-state index contributed by atoms with van der Waals surface area (Å²) in [4.78, 5) is 24.9. The summed E-state index contributed by atoms with van der Waals surface area (Å²) in [5.41, 5.74) is 0.928. The third-order valence-electron chi connectivity index (χ3n) is 3.57. The van der Waals surface area contributed by atoms with Crippen molar-refractivity contribution in [1.82, 2.24) is 4.90 Å². The van der Waals surface area contributed by atoms with Gasteiger partial charge in [0.1, 0.15) is 0 Å². The van der Waals surface area contributed by atoms with Gasteiger partial charge in [0.05, 0.1) is 6.42 Å². The van der Waals surface area contributed by atoms with Crippen molar-refractivity contribution in [3.8, 4) is 0 Å². The maximum absolute atomic E-state index is 12.1. The normalized spacial score (nSPS) is 16.3. The zero-order valence-corrected chi connectivity index (χ0v) is 10.9. The molecule has 19 heavy (non-hydrogen) atoms. The number of nitrogens with zero attached hydrogens (tertiary/aromatic N) is 1. The third-order valence-corrected chi connectivity index (χ3v) is 3.57. The number of hydrogen-bond acceptors (Lipinski definition) is 2. The number of carboxylic acid groups (broad SMARTS) is 1. The van der Waals surface area contributed by atoms with E-state index in [1.165, 1.54) is 0 Å². The number of benzene rings is 1. The first kappa shape index (κ1) is 13.6. The molecular formula is C15H19NO3. The third kappa shape index (κ3) is 3.81. The molecule has 0 bridgehead atoms. The number of aliphatic carboxylic acids is 1. The van der Waals surface area contributed by atoms with Crippen LogP contribution in [0.2, 0.25) is 0 Å². The topological polar surface area (TPSA) is 57.6 Å². The van der Waals surface area contributed by atoms with Crippen molar-refractivity contribution in [3.63, 3.8) is 0 Å². The van der Waals surface area contributed by atoms with E-state index in [2.05, 4.69) is 0 Å². The molecule has 2 rings (SSSR count). The maximum Gasteiger partial charge on any atom is 0.303 e.